The van der Waals surface area contributed by atoms with Crippen LogP contribution in [-0.2, 0) is 6.61 Å². The number of phenols is 1. The summed E-state index contributed by atoms with van der Waals surface area (Å²) in [5, 5.41) is 21.0. The van der Waals surface area contributed by atoms with E-state index in [0.717, 1.165) is 10.0 Å². The van der Waals surface area contributed by atoms with Crippen molar-refractivity contribution in [3.8, 4) is 23.3 Å². The van der Waals surface area contributed by atoms with Gasteiger partial charge in [0.05, 0.1) is 5.92 Å². The fourth-order valence-electron chi connectivity index (χ4n) is 3.42. The van der Waals surface area contributed by atoms with Crippen LogP contribution in [0.3, 0.4) is 0 Å². The fraction of sp³-hybridized carbons (Fsp3) is 0.0870. The smallest absolute Gasteiger partial charge is 0.205 e. The highest BCUT2D eigenvalue weighted by molar-refractivity contribution is 9.10. The van der Waals surface area contributed by atoms with E-state index >= 15 is 0 Å². The molecule has 0 aromatic heterocycles. The van der Waals surface area contributed by atoms with Crippen LogP contribution in [0.4, 0.5) is 0 Å². The summed E-state index contributed by atoms with van der Waals surface area (Å²) in [6.07, 6.45) is 0. The number of aromatic hydroxyl groups is 1. The zero-order valence-electron chi connectivity index (χ0n) is 15.6. The van der Waals surface area contributed by atoms with Gasteiger partial charge in [-0.15, -0.1) is 0 Å². The SMILES string of the molecule is N#CC1=C(N)Oc2cccc(O)c2[C@@H]1c1cc(Br)ccc1OCc1ccc(Cl)cc1. The molecule has 0 saturated carbocycles. The number of benzene rings is 3. The van der Waals surface area contributed by atoms with E-state index in [1.54, 1.807) is 30.3 Å². The Morgan fingerprint density at radius 3 is 2.67 bits per heavy atom. The van der Waals surface area contributed by atoms with Crippen molar-refractivity contribution < 1.29 is 14.6 Å². The van der Waals surface area contributed by atoms with Crippen molar-refractivity contribution in [1.29, 1.82) is 5.26 Å². The predicted octanol–water partition coefficient (Wildman–Crippen LogP) is 5.61. The molecule has 30 heavy (non-hydrogen) atoms. The van der Waals surface area contributed by atoms with Gasteiger partial charge in [-0.1, -0.05) is 45.7 Å². The van der Waals surface area contributed by atoms with E-state index in [1.807, 2.05) is 30.3 Å². The van der Waals surface area contributed by atoms with Crippen molar-refractivity contribution in [2.75, 3.05) is 0 Å². The Hall–Kier alpha value is -3.14. The summed E-state index contributed by atoms with van der Waals surface area (Å²) in [5.74, 6) is 0.346. The summed E-state index contributed by atoms with van der Waals surface area (Å²) in [6, 6.07) is 19.9. The first-order chi connectivity index (χ1) is 14.5. The molecule has 5 nitrogen and oxygen atoms in total. The molecule has 0 fully saturated rings. The summed E-state index contributed by atoms with van der Waals surface area (Å²) in [7, 11) is 0. The average Bonchev–Trinajstić information content (AvgIpc) is 2.73. The Morgan fingerprint density at radius 1 is 1.17 bits per heavy atom. The number of ether oxygens (including phenoxy) is 2. The molecule has 150 valence electrons. The highest BCUT2D eigenvalue weighted by atomic mass is 79.9. The predicted molar refractivity (Wildman–Crippen MR) is 117 cm³/mol. The van der Waals surface area contributed by atoms with Crippen molar-refractivity contribution in [1.82, 2.24) is 0 Å². The van der Waals surface area contributed by atoms with Crippen LogP contribution in [0.5, 0.6) is 17.2 Å². The van der Waals surface area contributed by atoms with Crippen molar-refractivity contribution in [2.24, 2.45) is 5.73 Å². The quantitative estimate of drug-likeness (QED) is 0.504. The van der Waals surface area contributed by atoms with Gasteiger partial charge in [0.25, 0.3) is 0 Å². The van der Waals surface area contributed by atoms with Crippen molar-refractivity contribution in [3.63, 3.8) is 0 Å². The molecule has 0 radical (unpaired) electrons. The highest BCUT2D eigenvalue weighted by Crippen LogP contribution is 2.48. The zero-order valence-corrected chi connectivity index (χ0v) is 17.9. The zero-order chi connectivity index (χ0) is 21.3. The minimum absolute atomic E-state index is 0.00391. The molecule has 3 aromatic carbocycles. The Balaban J connectivity index is 1.80. The number of halogens is 2. The molecule has 1 heterocycles. The molecule has 0 spiro atoms. The van der Waals surface area contributed by atoms with E-state index < -0.39 is 5.92 Å². The van der Waals surface area contributed by atoms with Crippen LogP contribution in [0.1, 0.15) is 22.6 Å². The number of nitrogens with two attached hydrogens (primary N) is 1. The van der Waals surface area contributed by atoms with Gasteiger partial charge in [0.15, 0.2) is 0 Å². The Labute approximate surface area is 187 Å². The molecular weight excluding hydrogens is 468 g/mol. The van der Waals surface area contributed by atoms with E-state index in [1.165, 1.54) is 0 Å². The van der Waals surface area contributed by atoms with Gasteiger partial charge in [-0.3, -0.25) is 0 Å². The molecule has 0 saturated heterocycles. The first-order valence-electron chi connectivity index (χ1n) is 9.04. The van der Waals surface area contributed by atoms with Crippen LogP contribution >= 0.6 is 27.5 Å². The maximum atomic E-state index is 10.6. The summed E-state index contributed by atoms with van der Waals surface area (Å²) in [6.45, 7) is 0.309. The Bertz CT molecular complexity index is 1190. The second-order valence-corrected chi connectivity index (χ2v) is 8.06. The maximum Gasteiger partial charge on any atom is 0.205 e. The molecular formula is C23H16BrClN2O3. The summed E-state index contributed by atoms with van der Waals surface area (Å²) < 4.78 is 12.5. The van der Waals surface area contributed by atoms with Crippen LogP contribution in [0.2, 0.25) is 5.02 Å². The normalized spacial score (nSPS) is 15.2. The van der Waals surface area contributed by atoms with Gasteiger partial charge in [-0.05, 0) is 48.0 Å². The summed E-state index contributed by atoms with van der Waals surface area (Å²) >= 11 is 9.44. The lowest BCUT2D eigenvalue weighted by molar-refractivity contribution is 0.301. The molecule has 0 aliphatic carbocycles. The topological polar surface area (TPSA) is 88.5 Å². The van der Waals surface area contributed by atoms with Crippen LogP contribution in [0, 0.1) is 11.3 Å². The number of phenolic OH excluding ortho intramolecular Hbond substituents is 1. The standard InChI is InChI=1S/C23H16BrClN2O3/c24-14-6-9-19(29-12-13-4-7-15(25)8-5-13)16(10-14)21-17(11-26)23(27)30-20-3-1-2-18(28)22(20)21/h1-10,21,28H,12,27H2/t21-/m1/s1. The average molecular weight is 484 g/mol. The molecule has 1 aliphatic heterocycles. The molecule has 4 rings (SSSR count). The summed E-state index contributed by atoms with van der Waals surface area (Å²) in [4.78, 5) is 0. The van der Waals surface area contributed by atoms with E-state index in [-0.39, 0.29) is 17.2 Å². The third-order valence-electron chi connectivity index (χ3n) is 4.82. The van der Waals surface area contributed by atoms with E-state index in [9.17, 15) is 10.4 Å². The van der Waals surface area contributed by atoms with Gasteiger partial charge in [0.2, 0.25) is 5.88 Å². The molecule has 0 bridgehead atoms. The number of nitrogens with zero attached hydrogens (tertiary/aromatic N) is 1. The lowest BCUT2D eigenvalue weighted by atomic mass is 9.82. The number of allylic oxidation sites excluding steroid dienone is 1. The second kappa shape index (κ2) is 8.31. The largest absolute Gasteiger partial charge is 0.507 e. The van der Waals surface area contributed by atoms with Gasteiger partial charge >= 0.3 is 0 Å². The first kappa shape index (κ1) is 20.1. The van der Waals surface area contributed by atoms with E-state index in [0.29, 0.717) is 34.3 Å². The number of hydrogen-bond acceptors (Lipinski definition) is 5. The van der Waals surface area contributed by atoms with Crippen molar-refractivity contribution >= 4 is 27.5 Å². The van der Waals surface area contributed by atoms with Gasteiger partial charge < -0.3 is 20.3 Å². The fourth-order valence-corrected chi connectivity index (χ4v) is 3.93. The first-order valence-corrected chi connectivity index (χ1v) is 10.2. The number of nitriles is 1. The lowest BCUT2D eigenvalue weighted by Crippen LogP contribution is -2.21. The third-order valence-corrected chi connectivity index (χ3v) is 5.56. The van der Waals surface area contributed by atoms with Crippen LogP contribution < -0.4 is 15.2 Å². The van der Waals surface area contributed by atoms with Crippen molar-refractivity contribution in [3.05, 3.63) is 98.3 Å². The summed E-state index contributed by atoms with van der Waals surface area (Å²) in [5.41, 5.74) is 8.34. The number of fused-ring (bicyclic) bond motifs is 1. The molecule has 0 amide bonds. The molecule has 3 aromatic rings. The van der Waals surface area contributed by atoms with Gasteiger partial charge in [0, 0.05) is 20.6 Å². The van der Waals surface area contributed by atoms with Crippen LogP contribution in [0.15, 0.2) is 76.6 Å². The van der Waals surface area contributed by atoms with E-state index in [4.69, 9.17) is 26.8 Å². The minimum Gasteiger partial charge on any atom is -0.507 e. The molecule has 1 atom stereocenters. The maximum absolute atomic E-state index is 10.6. The minimum atomic E-state index is -0.641. The molecule has 3 N–H and O–H groups in total. The Morgan fingerprint density at radius 2 is 1.93 bits per heavy atom. The van der Waals surface area contributed by atoms with Gasteiger partial charge in [-0.25, -0.2) is 0 Å². The third kappa shape index (κ3) is 3.82. The highest BCUT2D eigenvalue weighted by Gasteiger charge is 2.34. The molecule has 7 heteroatoms. The Kier molecular flexibility index (Phi) is 5.58. The second-order valence-electron chi connectivity index (χ2n) is 6.71. The van der Waals surface area contributed by atoms with Gasteiger partial charge in [0.1, 0.15) is 35.5 Å². The molecule has 0 unspecified atom stereocenters. The molecule has 1 aliphatic rings. The monoisotopic (exact) mass is 482 g/mol. The lowest BCUT2D eigenvalue weighted by Gasteiger charge is -2.28. The van der Waals surface area contributed by atoms with Gasteiger partial charge in [-0.2, -0.15) is 5.26 Å². The van der Waals surface area contributed by atoms with Crippen LogP contribution in [0.25, 0.3) is 0 Å². The number of rotatable bonds is 4. The number of hydrogen-bond donors (Lipinski definition) is 2. The van der Waals surface area contributed by atoms with Crippen LogP contribution in [-0.4, -0.2) is 5.11 Å². The van der Waals surface area contributed by atoms with E-state index in [2.05, 4.69) is 22.0 Å². The van der Waals surface area contributed by atoms with Crippen molar-refractivity contribution in [2.45, 2.75) is 12.5 Å².